The van der Waals surface area contributed by atoms with Gasteiger partial charge in [-0.25, -0.2) is 4.98 Å². The Labute approximate surface area is 247 Å². The van der Waals surface area contributed by atoms with E-state index in [4.69, 9.17) is 20.3 Å². The minimum atomic E-state index is 0.121. The van der Waals surface area contributed by atoms with Gasteiger partial charge in [-0.15, -0.1) is 11.3 Å². The number of Topliss-reactive ketones (excluding diaryl/α,β-unsaturated/α-hetero) is 1. The summed E-state index contributed by atoms with van der Waals surface area (Å²) in [5.41, 5.74) is 12.9. The molecule has 216 valence electrons. The van der Waals surface area contributed by atoms with E-state index in [0.29, 0.717) is 28.9 Å². The number of nitrogens with two attached hydrogens (primary N) is 1. The lowest BCUT2D eigenvalue weighted by atomic mass is 9.99. The molecule has 0 atom stereocenters. The van der Waals surface area contributed by atoms with E-state index in [1.54, 1.807) is 6.92 Å². The first kappa shape index (κ1) is 34.6. The molecule has 0 fully saturated rings. The van der Waals surface area contributed by atoms with E-state index in [9.17, 15) is 4.79 Å². The van der Waals surface area contributed by atoms with Gasteiger partial charge < -0.3 is 20.3 Å². The molecule has 0 saturated carbocycles. The van der Waals surface area contributed by atoms with Gasteiger partial charge in [0.2, 0.25) is 0 Å². The summed E-state index contributed by atoms with van der Waals surface area (Å²) < 4.78 is 11.5. The highest BCUT2D eigenvalue weighted by Gasteiger charge is 2.13. The third-order valence-electron chi connectivity index (χ3n) is 5.36. The van der Waals surface area contributed by atoms with E-state index in [2.05, 4.69) is 74.6 Å². The number of carbonyl (C=O) groups is 1. The molecule has 3 aromatic rings. The lowest BCUT2D eigenvalue weighted by Gasteiger charge is -2.13. The molecule has 39 heavy (non-hydrogen) atoms. The summed E-state index contributed by atoms with van der Waals surface area (Å²) in [6.45, 7) is 20.0. The van der Waals surface area contributed by atoms with Crippen molar-refractivity contribution in [1.82, 2.24) is 4.98 Å². The Balaban J connectivity index is 0.000000357. The number of carbonyl (C=O) groups excluding carboxylic acids is 1. The van der Waals surface area contributed by atoms with Gasteiger partial charge in [0.1, 0.15) is 11.5 Å². The summed E-state index contributed by atoms with van der Waals surface area (Å²) >= 11 is 4.68. The van der Waals surface area contributed by atoms with Gasteiger partial charge in [0, 0.05) is 23.1 Å². The highest BCUT2D eigenvalue weighted by molar-refractivity contribution is 9.09. The first-order valence-electron chi connectivity index (χ1n) is 13.2. The first-order valence-corrected chi connectivity index (χ1v) is 15.2. The van der Waals surface area contributed by atoms with Crippen molar-refractivity contribution in [2.45, 2.75) is 62.3 Å². The average Bonchev–Trinajstić information content (AvgIpc) is 3.27. The molecule has 2 aromatic carbocycles. The fourth-order valence-electron chi connectivity index (χ4n) is 3.85. The van der Waals surface area contributed by atoms with Crippen molar-refractivity contribution in [2.75, 3.05) is 30.9 Å². The molecule has 8 heteroatoms. The van der Waals surface area contributed by atoms with Crippen LogP contribution in [0.1, 0.15) is 67.2 Å². The number of benzene rings is 2. The van der Waals surface area contributed by atoms with Crippen molar-refractivity contribution in [2.24, 2.45) is 11.8 Å². The second-order valence-corrected chi connectivity index (χ2v) is 11.7. The number of ether oxygens (including phenoxy) is 2. The standard InChI is InChI=1S/C15H20N2OS.C14H19BrO2.C2H6O/c1-9(2)7-18-12-5-10(3)14(11(4)6-12)13-8-19-15(16)17-13;1-9(2)8-17-12-5-10(3)14(11(4)6-12)13(16)7-15;1-2-3/h5-6,8-9H,7H2,1-4H3,(H2,16,17);5-6,9H,7-8H2,1-4H3;3H,2H2,1H3. The lowest BCUT2D eigenvalue weighted by molar-refractivity contribution is 0.102. The number of aryl methyl sites for hydroxylation is 4. The summed E-state index contributed by atoms with van der Waals surface area (Å²) in [4.78, 5) is 16.1. The van der Waals surface area contributed by atoms with Gasteiger partial charge in [-0.05, 0) is 93.0 Å². The highest BCUT2D eigenvalue weighted by Crippen LogP contribution is 2.32. The summed E-state index contributed by atoms with van der Waals surface area (Å²) in [5, 5.41) is 10.5. The number of aromatic nitrogens is 1. The Bertz CT molecular complexity index is 1150. The number of halogens is 1. The number of nitrogens with zero attached hydrogens (tertiary/aromatic N) is 1. The minimum Gasteiger partial charge on any atom is -0.493 e. The molecule has 0 aliphatic rings. The van der Waals surface area contributed by atoms with E-state index in [0.717, 1.165) is 46.1 Å². The van der Waals surface area contributed by atoms with Crippen molar-refractivity contribution in [3.8, 4) is 22.8 Å². The average molecular weight is 622 g/mol. The van der Waals surface area contributed by atoms with Crippen molar-refractivity contribution in [1.29, 1.82) is 0 Å². The summed E-state index contributed by atoms with van der Waals surface area (Å²) in [7, 11) is 0. The van der Waals surface area contributed by atoms with E-state index < -0.39 is 0 Å². The SMILES string of the molecule is CCO.Cc1cc(OCC(C)C)cc(C)c1-c1csc(N)n1.Cc1cc(OCC(C)C)cc(C)c1C(=O)CBr. The van der Waals surface area contributed by atoms with Crippen molar-refractivity contribution < 1.29 is 19.4 Å². The molecule has 0 aliphatic carbocycles. The summed E-state index contributed by atoms with van der Waals surface area (Å²) in [6, 6.07) is 8.01. The van der Waals surface area contributed by atoms with Crippen molar-refractivity contribution >= 4 is 38.2 Å². The van der Waals surface area contributed by atoms with Crippen LogP contribution in [0.25, 0.3) is 11.3 Å². The van der Waals surface area contributed by atoms with Gasteiger partial charge in [-0.1, -0.05) is 43.6 Å². The second kappa shape index (κ2) is 17.3. The van der Waals surface area contributed by atoms with Gasteiger partial charge >= 0.3 is 0 Å². The zero-order valence-electron chi connectivity index (χ0n) is 24.9. The summed E-state index contributed by atoms with van der Waals surface area (Å²) in [6.07, 6.45) is 0. The van der Waals surface area contributed by atoms with Gasteiger partial charge in [0.25, 0.3) is 0 Å². The second-order valence-electron chi connectivity index (χ2n) is 10.2. The zero-order valence-corrected chi connectivity index (χ0v) is 27.3. The molecule has 1 aromatic heterocycles. The van der Waals surface area contributed by atoms with Crippen LogP contribution in [0.4, 0.5) is 5.13 Å². The number of hydrogen-bond acceptors (Lipinski definition) is 7. The number of nitrogen functional groups attached to an aromatic ring is 1. The van der Waals surface area contributed by atoms with Crippen LogP contribution >= 0.6 is 27.3 Å². The van der Waals surface area contributed by atoms with Crippen molar-refractivity contribution in [3.05, 3.63) is 57.5 Å². The van der Waals surface area contributed by atoms with Gasteiger partial charge in [-0.2, -0.15) is 0 Å². The van der Waals surface area contributed by atoms with Crippen LogP contribution in [-0.4, -0.2) is 41.0 Å². The largest absolute Gasteiger partial charge is 0.493 e. The molecule has 6 nitrogen and oxygen atoms in total. The number of hydrogen-bond donors (Lipinski definition) is 2. The molecule has 0 radical (unpaired) electrons. The number of thiazole rings is 1. The number of ketones is 1. The quantitative estimate of drug-likeness (QED) is 0.186. The van der Waals surface area contributed by atoms with Crippen LogP contribution in [0.2, 0.25) is 0 Å². The van der Waals surface area contributed by atoms with Gasteiger partial charge in [0.15, 0.2) is 10.9 Å². The third-order valence-corrected chi connectivity index (χ3v) is 6.54. The number of alkyl halides is 1. The fraction of sp³-hybridized carbons (Fsp3) is 0.484. The highest BCUT2D eigenvalue weighted by atomic mass is 79.9. The van der Waals surface area contributed by atoms with Gasteiger partial charge in [0.05, 0.1) is 24.2 Å². The molecule has 3 rings (SSSR count). The van der Waals surface area contributed by atoms with Crippen LogP contribution in [0.3, 0.4) is 0 Å². The monoisotopic (exact) mass is 620 g/mol. The Morgan fingerprint density at radius 1 is 0.923 bits per heavy atom. The molecule has 0 bridgehead atoms. The Hall–Kier alpha value is -2.42. The number of aliphatic hydroxyl groups excluding tert-OH is 1. The van der Waals surface area contributed by atoms with E-state index in [1.807, 2.05) is 31.4 Å². The first-order chi connectivity index (χ1) is 18.3. The smallest absolute Gasteiger partial charge is 0.180 e. The van der Waals surface area contributed by atoms with Crippen LogP contribution in [0.5, 0.6) is 11.5 Å². The molecule has 0 aliphatic heterocycles. The summed E-state index contributed by atoms with van der Waals surface area (Å²) in [5.74, 6) is 2.92. The molecule has 1 heterocycles. The normalized spacial score (nSPS) is 10.5. The molecule has 3 N–H and O–H groups in total. The molecule has 0 spiro atoms. The van der Waals surface area contributed by atoms with Crippen molar-refractivity contribution in [3.63, 3.8) is 0 Å². The zero-order chi connectivity index (χ0) is 29.7. The maximum atomic E-state index is 11.7. The maximum Gasteiger partial charge on any atom is 0.180 e. The number of rotatable bonds is 9. The van der Waals surface area contributed by atoms with Crippen LogP contribution in [0.15, 0.2) is 29.6 Å². The Morgan fingerprint density at radius 3 is 1.67 bits per heavy atom. The Morgan fingerprint density at radius 2 is 1.33 bits per heavy atom. The molecular weight excluding hydrogens is 576 g/mol. The predicted octanol–water partition coefficient (Wildman–Crippen LogP) is 7.96. The van der Waals surface area contributed by atoms with Crippen LogP contribution in [-0.2, 0) is 0 Å². The molecule has 0 unspecified atom stereocenters. The number of aliphatic hydroxyl groups is 1. The third kappa shape index (κ3) is 11.7. The van der Waals surface area contributed by atoms with Crippen LogP contribution < -0.4 is 15.2 Å². The van der Waals surface area contributed by atoms with Gasteiger partial charge in [-0.3, -0.25) is 4.79 Å². The molecule has 0 saturated heterocycles. The lowest BCUT2D eigenvalue weighted by Crippen LogP contribution is -2.08. The number of anilines is 1. The van der Waals surface area contributed by atoms with E-state index in [-0.39, 0.29) is 12.4 Å². The fourth-order valence-corrected chi connectivity index (χ4v) is 4.69. The maximum absolute atomic E-state index is 11.7. The van der Waals surface area contributed by atoms with E-state index >= 15 is 0 Å². The minimum absolute atomic E-state index is 0.121. The predicted molar refractivity (Wildman–Crippen MR) is 169 cm³/mol. The Kier molecular flexibility index (Phi) is 15.4. The van der Waals surface area contributed by atoms with Crippen LogP contribution in [0, 0.1) is 39.5 Å². The topological polar surface area (TPSA) is 94.7 Å². The molecule has 0 amide bonds. The molecular formula is C31H45BrN2O4S. The van der Waals surface area contributed by atoms with E-state index in [1.165, 1.54) is 22.5 Å².